The molecule has 21 heavy (non-hydrogen) atoms. The molecule has 1 aromatic carbocycles. The van der Waals surface area contributed by atoms with Crippen LogP contribution >= 0.6 is 11.3 Å². The minimum Gasteiger partial charge on any atom is -0.507 e. The van der Waals surface area contributed by atoms with E-state index in [4.69, 9.17) is 0 Å². The van der Waals surface area contributed by atoms with Crippen molar-refractivity contribution >= 4 is 23.2 Å². The summed E-state index contributed by atoms with van der Waals surface area (Å²) in [7, 11) is 0. The van der Waals surface area contributed by atoms with E-state index in [1.807, 2.05) is 17.5 Å². The molecule has 0 saturated carbocycles. The average molecular weight is 304 g/mol. The first-order valence-corrected chi connectivity index (χ1v) is 7.41. The van der Waals surface area contributed by atoms with E-state index < -0.39 is 4.92 Å². The maximum Gasteiger partial charge on any atom is 0.270 e. The zero-order chi connectivity index (χ0) is 15.4. The highest BCUT2D eigenvalue weighted by molar-refractivity contribution is 7.10. The van der Waals surface area contributed by atoms with Gasteiger partial charge >= 0.3 is 0 Å². The second kappa shape index (κ2) is 6.49. The van der Waals surface area contributed by atoms with Crippen LogP contribution in [0.2, 0.25) is 0 Å². The van der Waals surface area contributed by atoms with Gasteiger partial charge in [0.2, 0.25) is 0 Å². The van der Waals surface area contributed by atoms with Crippen molar-refractivity contribution in [3.63, 3.8) is 0 Å². The number of phenolic OH excluding ortho intramolecular Hbond substituents is 1. The lowest BCUT2D eigenvalue weighted by molar-refractivity contribution is -0.384. The molecule has 0 bridgehead atoms. The molecule has 1 aromatic heterocycles. The van der Waals surface area contributed by atoms with Crippen LogP contribution < -0.4 is 0 Å². The van der Waals surface area contributed by atoms with Gasteiger partial charge in [-0.2, -0.15) is 0 Å². The van der Waals surface area contributed by atoms with Crippen LogP contribution in [0.1, 0.15) is 30.3 Å². The number of hydrogen-bond donors (Lipinski definition) is 1. The largest absolute Gasteiger partial charge is 0.507 e. The maximum absolute atomic E-state index is 10.8. The van der Waals surface area contributed by atoms with Gasteiger partial charge in [0.05, 0.1) is 11.0 Å². The summed E-state index contributed by atoms with van der Waals surface area (Å²) in [6, 6.07) is 7.87. The second-order valence-corrected chi connectivity index (χ2v) is 5.96. The Kier molecular flexibility index (Phi) is 4.70. The minimum absolute atomic E-state index is 0.0157. The summed E-state index contributed by atoms with van der Waals surface area (Å²) in [6.07, 6.45) is 1.51. The van der Waals surface area contributed by atoms with Gasteiger partial charge in [-0.3, -0.25) is 15.1 Å². The van der Waals surface area contributed by atoms with Gasteiger partial charge in [-0.25, -0.2) is 0 Å². The molecule has 1 atom stereocenters. The predicted octanol–water partition coefficient (Wildman–Crippen LogP) is 4.18. The lowest BCUT2D eigenvalue weighted by atomic mass is 10.0. The molecular weight excluding hydrogens is 288 g/mol. The fourth-order valence-electron chi connectivity index (χ4n) is 1.95. The van der Waals surface area contributed by atoms with Crippen LogP contribution in [0.4, 0.5) is 5.69 Å². The Labute approximate surface area is 126 Å². The minimum atomic E-state index is -0.490. The normalized spacial score (nSPS) is 12.9. The number of thiophene rings is 1. The zero-order valence-electron chi connectivity index (χ0n) is 11.8. The molecule has 1 heterocycles. The third-order valence-corrected chi connectivity index (χ3v) is 4.01. The monoisotopic (exact) mass is 304 g/mol. The van der Waals surface area contributed by atoms with Crippen LogP contribution in [0.25, 0.3) is 0 Å². The van der Waals surface area contributed by atoms with Crippen molar-refractivity contribution in [3.8, 4) is 5.75 Å². The smallest absolute Gasteiger partial charge is 0.270 e. The van der Waals surface area contributed by atoms with E-state index in [0.29, 0.717) is 11.5 Å². The topological polar surface area (TPSA) is 75.7 Å². The summed E-state index contributed by atoms with van der Waals surface area (Å²) in [5, 5.41) is 22.6. The van der Waals surface area contributed by atoms with Crippen molar-refractivity contribution < 1.29 is 10.0 Å². The van der Waals surface area contributed by atoms with Crippen molar-refractivity contribution in [3.05, 3.63) is 56.3 Å². The number of nitro benzene ring substituents is 1. The molecule has 0 amide bonds. The van der Waals surface area contributed by atoms with E-state index in [0.717, 1.165) is 4.88 Å². The van der Waals surface area contributed by atoms with E-state index in [-0.39, 0.29) is 17.5 Å². The van der Waals surface area contributed by atoms with Crippen LogP contribution in [0.15, 0.2) is 40.7 Å². The molecule has 0 spiro atoms. The summed E-state index contributed by atoms with van der Waals surface area (Å²) >= 11 is 1.62. The molecule has 0 aliphatic rings. The molecule has 5 nitrogen and oxygen atoms in total. The van der Waals surface area contributed by atoms with E-state index in [1.165, 1.54) is 24.4 Å². The first-order chi connectivity index (χ1) is 9.99. The molecule has 110 valence electrons. The van der Waals surface area contributed by atoms with E-state index >= 15 is 0 Å². The Hall–Kier alpha value is -2.21. The van der Waals surface area contributed by atoms with E-state index in [1.54, 1.807) is 11.3 Å². The Morgan fingerprint density at radius 3 is 2.71 bits per heavy atom. The van der Waals surface area contributed by atoms with Crippen LogP contribution in [0.3, 0.4) is 0 Å². The number of aliphatic imine (C=N–C) groups is 1. The lowest BCUT2D eigenvalue weighted by Gasteiger charge is -2.14. The van der Waals surface area contributed by atoms with Crippen LogP contribution in [-0.4, -0.2) is 16.2 Å². The van der Waals surface area contributed by atoms with Crippen LogP contribution in [0, 0.1) is 16.0 Å². The fraction of sp³-hybridized carbons (Fsp3) is 0.267. The van der Waals surface area contributed by atoms with Gasteiger partial charge in [0.15, 0.2) is 0 Å². The number of non-ortho nitro benzene ring substituents is 1. The number of nitro groups is 1. The molecule has 6 heteroatoms. The number of aromatic hydroxyl groups is 1. The van der Waals surface area contributed by atoms with Gasteiger partial charge in [-0.05, 0) is 23.4 Å². The third kappa shape index (κ3) is 3.66. The maximum atomic E-state index is 10.8. The van der Waals surface area contributed by atoms with Crippen molar-refractivity contribution in [1.82, 2.24) is 0 Å². The second-order valence-electron chi connectivity index (χ2n) is 4.98. The van der Waals surface area contributed by atoms with Gasteiger partial charge in [-0.1, -0.05) is 19.9 Å². The standard InChI is InChI=1S/C15H16N2O3S/c1-10(2)15(14-4-3-7-21-14)16-9-11-8-12(17(19)20)5-6-13(11)18/h3-10,15,18H,1-2H3/t15-/m0/s1. The molecule has 0 radical (unpaired) electrons. The quantitative estimate of drug-likeness (QED) is 0.511. The molecule has 0 unspecified atom stereocenters. The van der Waals surface area contributed by atoms with Gasteiger partial charge in [0.25, 0.3) is 5.69 Å². The summed E-state index contributed by atoms with van der Waals surface area (Å²) < 4.78 is 0. The van der Waals surface area contributed by atoms with Crippen molar-refractivity contribution in [1.29, 1.82) is 0 Å². The summed E-state index contributed by atoms with van der Waals surface area (Å²) in [6.45, 7) is 4.13. The molecule has 2 aromatic rings. The highest BCUT2D eigenvalue weighted by Crippen LogP contribution is 2.30. The summed E-state index contributed by atoms with van der Waals surface area (Å²) in [5.74, 6) is 0.277. The van der Waals surface area contributed by atoms with E-state index in [2.05, 4.69) is 18.8 Å². The van der Waals surface area contributed by atoms with Gasteiger partial charge in [0.1, 0.15) is 5.75 Å². The Morgan fingerprint density at radius 1 is 1.38 bits per heavy atom. The molecule has 2 rings (SSSR count). The van der Waals surface area contributed by atoms with Gasteiger partial charge < -0.3 is 5.11 Å². The first kappa shape index (κ1) is 15.2. The molecule has 0 aliphatic carbocycles. The van der Waals surface area contributed by atoms with E-state index in [9.17, 15) is 15.2 Å². The first-order valence-electron chi connectivity index (χ1n) is 6.53. The summed E-state index contributed by atoms with van der Waals surface area (Å²) in [4.78, 5) is 15.9. The SMILES string of the molecule is CC(C)[C@H](N=Cc1cc([N+](=O)[O-])ccc1O)c1cccs1. The molecule has 0 saturated heterocycles. The number of hydrogen-bond acceptors (Lipinski definition) is 5. The highest BCUT2D eigenvalue weighted by atomic mass is 32.1. The predicted molar refractivity (Wildman–Crippen MR) is 84.3 cm³/mol. The Bertz CT molecular complexity index is 651. The van der Waals surface area contributed by atoms with Crippen molar-refractivity contribution in [2.24, 2.45) is 10.9 Å². The Balaban J connectivity index is 2.30. The molecular formula is C15H16N2O3S. The fourth-order valence-corrected chi connectivity index (χ4v) is 2.90. The summed E-state index contributed by atoms with van der Waals surface area (Å²) in [5.41, 5.74) is 0.290. The van der Waals surface area contributed by atoms with Gasteiger partial charge in [-0.15, -0.1) is 11.3 Å². The number of rotatable bonds is 5. The molecule has 1 N–H and O–H groups in total. The number of nitrogens with zero attached hydrogens (tertiary/aromatic N) is 2. The van der Waals surface area contributed by atoms with Crippen LogP contribution in [-0.2, 0) is 0 Å². The third-order valence-electron chi connectivity index (χ3n) is 3.06. The Morgan fingerprint density at radius 2 is 2.14 bits per heavy atom. The molecule has 0 fully saturated rings. The average Bonchev–Trinajstić information content (AvgIpc) is 2.94. The lowest BCUT2D eigenvalue weighted by Crippen LogP contribution is -2.02. The zero-order valence-corrected chi connectivity index (χ0v) is 12.6. The van der Waals surface area contributed by atoms with Crippen molar-refractivity contribution in [2.45, 2.75) is 19.9 Å². The molecule has 0 aliphatic heterocycles. The van der Waals surface area contributed by atoms with Crippen LogP contribution in [0.5, 0.6) is 5.75 Å². The number of phenols is 1. The number of benzene rings is 1. The highest BCUT2D eigenvalue weighted by Gasteiger charge is 2.15. The van der Waals surface area contributed by atoms with Gasteiger partial charge in [0, 0.05) is 28.8 Å². The van der Waals surface area contributed by atoms with Crippen molar-refractivity contribution in [2.75, 3.05) is 0 Å².